The van der Waals surface area contributed by atoms with Crippen molar-refractivity contribution in [2.75, 3.05) is 6.54 Å². The third-order valence-electron chi connectivity index (χ3n) is 4.11. The molecular formula is C16H17FN4. The van der Waals surface area contributed by atoms with Gasteiger partial charge in [-0.25, -0.2) is 4.39 Å². The van der Waals surface area contributed by atoms with Gasteiger partial charge in [-0.05, 0) is 37.9 Å². The van der Waals surface area contributed by atoms with Crippen molar-refractivity contribution in [3.63, 3.8) is 0 Å². The van der Waals surface area contributed by atoms with Crippen molar-refractivity contribution in [2.24, 2.45) is 5.73 Å². The minimum Gasteiger partial charge on any atom is -0.330 e. The summed E-state index contributed by atoms with van der Waals surface area (Å²) in [5.74, 6) is -0.0981. The van der Waals surface area contributed by atoms with Gasteiger partial charge in [-0.2, -0.15) is 10.4 Å². The van der Waals surface area contributed by atoms with Gasteiger partial charge in [-0.3, -0.25) is 4.68 Å². The summed E-state index contributed by atoms with van der Waals surface area (Å²) in [6, 6.07) is 8.76. The highest BCUT2D eigenvalue weighted by Gasteiger charge is 2.29. The summed E-state index contributed by atoms with van der Waals surface area (Å²) < 4.78 is 15.8. The molecule has 0 bridgehead atoms. The third-order valence-corrected chi connectivity index (χ3v) is 4.11. The first kappa shape index (κ1) is 13.8. The number of benzene rings is 1. The van der Waals surface area contributed by atoms with E-state index in [9.17, 15) is 4.39 Å². The maximum absolute atomic E-state index is 14.1. The average molecular weight is 284 g/mol. The van der Waals surface area contributed by atoms with Crippen LogP contribution in [0.3, 0.4) is 0 Å². The zero-order valence-corrected chi connectivity index (χ0v) is 11.7. The van der Waals surface area contributed by atoms with Crippen LogP contribution in [0.15, 0.2) is 24.3 Å². The highest BCUT2D eigenvalue weighted by molar-refractivity contribution is 5.66. The van der Waals surface area contributed by atoms with Crippen LogP contribution in [0.1, 0.15) is 30.0 Å². The lowest BCUT2D eigenvalue weighted by molar-refractivity contribution is 0.535. The van der Waals surface area contributed by atoms with Crippen LogP contribution >= 0.6 is 0 Å². The fourth-order valence-electron chi connectivity index (χ4n) is 3.15. The molecule has 21 heavy (non-hydrogen) atoms. The smallest absolute Gasteiger partial charge is 0.132 e. The van der Waals surface area contributed by atoms with E-state index in [-0.39, 0.29) is 18.3 Å². The van der Waals surface area contributed by atoms with E-state index >= 15 is 0 Å². The number of aromatic nitrogens is 2. The molecule has 4 nitrogen and oxygen atoms in total. The molecule has 0 radical (unpaired) electrons. The van der Waals surface area contributed by atoms with Crippen molar-refractivity contribution in [3.05, 3.63) is 41.3 Å². The lowest BCUT2D eigenvalue weighted by Gasteiger charge is -2.22. The molecule has 0 saturated heterocycles. The first-order chi connectivity index (χ1) is 10.3. The molecule has 0 amide bonds. The summed E-state index contributed by atoms with van der Waals surface area (Å²) >= 11 is 0. The molecule has 0 saturated carbocycles. The second-order valence-corrected chi connectivity index (χ2v) is 5.33. The summed E-state index contributed by atoms with van der Waals surface area (Å²) in [4.78, 5) is 0. The number of hydrogen-bond acceptors (Lipinski definition) is 3. The van der Waals surface area contributed by atoms with Crippen LogP contribution in [0.25, 0.3) is 11.3 Å². The van der Waals surface area contributed by atoms with E-state index in [2.05, 4.69) is 11.2 Å². The fourth-order valence-corrected chi connectivity index (χ4v) is 3.15. The highest BCUT2D eigenvalue weighted by atomic mass is 19.1. The topological polar surface area (TPSA) is 67.6 Å². The summed E-state index contributed by atoms with van der Waals surface area (Å²) in [6.07, 6.45) is 2.89. The summed E-state index contributed by atoms with van der Waals surface area (Å²) in [5, 5.41) is 13.5. The molecule has 1 unspecified atom stereocenters. The highest BCUT2D eigenvalue weighted by Crippen LogP contribution is 2.38. The average Bonchev–Trinajstić information content (AvgIpc) is 2.87. The van der Waals surface area contributed by atoms with Gasteiger partial charge in [0, 0.05) is 22.7 Å². The Kier molecular flexibility index (Phi) is 3.72. The summed E-state index contributed by atoms with van der Waals surface area (Å²) in [5.41, 5.74) is 9.10. The number of rotatable bonds is 3. The molecule has 1 aliphatic rings. The first-order valence-electron chi connectivity index (χ1n) is 7.17. The molecule has 1 aromatic carbocycles. The lowest BCUT2D eigenvalue weighted by atomic mass is 9.84. The third kappa shape index (κ3) is 2.32. The standard InChI is InChI=1S/C16H17FN4/c17-13-6-2-1-5-12(13)16-15-11(10-19)4-3-7-14(15)21(20-16)9-8-18/h1-2,5-6,11H,3-4,7,9-10,19H2. The first-order valence-corrected chi connectivity index (χ1v) is 7.17. The van der Waals surface area contributed by atoms with E-state index in [1.54, 1.807) is 22.9 Å². The molecule has 1 atom stereocenters. The molecule has 1 heterocycles. The Morgan fingerprint density at radius 1 is 1.43 bits per heavy atom. The van der Waals surface area contributed by atoms with Crippen molar-refractivity contribution in [3.8, 4) is 17.3 Å². The Balaban J connectivity index is 2.21. The molecule has 2 aromatic rings. The van der Waals surface area contributed by atoms with Crippen molar-refractivity contribution < 1.29 is 4.39 Å². The van der Waals surface area contributed by atoms with Gasteiger partial charge in [0.15, 0.2) is 0 Å². The van der Waals surface area contributed by atoms with Gasteiger partial charge >= 0.3 is 0 Å². The molecule has 0 spiro atoms. The maximum atomic E-state index is 14.1. The second-order valence-electron chi connectivity index (χ2n) is 5.33. The van der Waals surface area contributed by atoms with E-state index in [1.165, 1.54) is 6.07 Å². The number of nitrogens with zero attached hydrogens (tertiary/aromatic N) is 3. The van der Waals surface area contributed by atoms with Gasteiger partial charge in [0.25, 0.3) is 0 Å². The molecule has 2 N–H and O–H groups in total. The normalized spacial score (nSPS) is 17.3. The summed E-state index contributed by atoms with van der Waals surface area (Å²) in [7, 11) is 0. The number of halogens is 1. The van der Waals surface area contributed by atoms with E-state index in [1.807, 2.05) is 0 Å². The maximum Gasteiger partial charge on any atom is 0.132 e. The van der Waals surface area contributed by atoms with Crippen LogP contribution in [0, 0.1) is 17.1 Å². The van der Waals surface area contributed by atoms with Crippen LogP contribution in [0.2, 0.25) is 0 Å². The minimum atomic E-state index is -0.289. The van der Waals surface area contributed by atoms with Crippen LogP contribution in [-0.4, -0.2) is 16.3 Å². The van der Waals surface area contributed by atoms with E-state index in [0.29, 0.717) is 17.8 Å². The van der Waals surface area contributed by atoms with E-state index < -0.39 is 0 Å². The Bertz CT molecular complexity index is 699. The number of nitrogens with two attached hydrogens (primary N) is 1. The van der Waals surface area contributed by atoms with Gasteiger partial charge in [0.05, 0.1) is 11.8 Å². The Labute approximate surface area is 123 Å². The van der Waals surface area contributed by atoms with Crippen LogP contribution in [0.5, 0.6) is 0 Å². The molecule has 1 aromatic heterocycles. The predicted octanol–water partition coefficient (Wildman–Crippen LogP) is 2.59. The predicted molar refractivity (Wildman–Crippen MR) is 78.0 cm³/mol. The van der Waals surface area contributed by atoms with Gasteiger partial charge in [-0.1, -0.05) is 12.1 Å². The van der Waals surface area contributed by atoms with E-state index in [4.69, 9.17) is 11.0 Å². The Morgan fingerprint density at radius 2 is 2.24 bits per heavy atom. The molecule has 5 heteroatoms. The molecule has 108 valence electrons. The van der Waals surface area contributed by atoms with Crippen LogP contribution in [0.4, 0.5) is 4.39 Å². The molecule has 0 aliphatic heterocycles. The van der Waals surface area contributed by atoms with Gasteiger partial charge in [0.1, 0.15) is 12.4 Å². The number of hydrogen-bond donors (Lipinski definition) is 1. The van der Waals surface area contributed by atoms with Gasteiger partial charge in [-0.15, -0.1) is 0 Å². The molecule has 0 fully saturated rings. The molecule has 1 aliphatic carbocycles. The van der Waals surface area contributed by atoms with Gasteiger partial charge < -0.3 is 5.73 Å². The fraction of sp³-hybridized carbons (Fsp3) is 0.375. The second kappa shape index (κ2) is 5.66. The minimum absolute atomic E-state index is 0.189. The zero-order chi connectivity index (χ0) is 14.8. The van der Waals surface area contributed by atoms with Crippen molar-refractivity contribution in [2.45, 2.75) is 31.7 Å². The van der Waals surface area contributed by atoms with Crippen molar-refractivity contribution in [1.29, 1.82) is 5.26 Å². The molecular weight excluding hydrogens is 267 g/mol. The van der Waals surface area contributed by atoms with Crippen LogP contribution < -0.4 is 5.73 Å². The SMILES string of the molecule is N#CCn1nc(-c2ccccc2F)c2c1CCCC2CN. The quantitative estimate of drug-likeness (QED) is 0.942. The Morgan fingerprint density at radius 3 is 2.95 bits per heavy atom. The molecule has 3 rings (SSSR count). The number of fused-ring (bicyclic) bond motifs is 1. The number of nitriles is 1. The summed E-state index contributed by atoms with van der Waals surface area (Å²) in [6.45, 7) is 0.709. The lowest BCUT2D eigenvalue weighted by Crippen LogP contribution is -2.19. The van der Waals surface area contributed by atoms with Crippen LogP contribution in [-0.2, 0) is 13.0 Å². The monoisotopic (exact) mass is 284 g/mol. The van der Waals surface area contributed by atoms with E-state index in [0.717, 1.165) is 30.5 Å². The van der Waals surface area contributed by atoms with Crippen molar-refractivity contribution in [1.82, 2.24) is 9.78 Å². The zero-order valence-electron chi connectivity index (χ0n) is 11.7. The van der Waals surface area contributed by atoms with Crippen molar-refractivity contribution >= 4 is 0 Å². The Hall–Kier alpha value is -2.19. The van der Waals surface area contributed by atoms with Gasteiger partial charge in [0.2, 0.25) is 0 Å². The largest absolute Gasteiger partial charge is 0.330 e.